The molecule has 0 atom stereocenters. The molecule has 0 bridgehead atoms. The molecule has 0 N–H and O–H groups in total. The molecule has 0 fully saturated rings. The number of nitrogens with zero attached hydrogens (tertiary/aromatic N) is 4. The van der Waals surface area contributed by atoms with Crippen LogP contribution in [0.25, 0.3) is 0 Å². The van der Waals surface area contributed by atoms with E-state index in [4.69, 9.17) is 0 Å². The van der Waals surface area contributed by atoms with Crippen LogP contribution in [0.4, 0.5) is 5.95 Å². The maximum absolute atomic E-state index is 11.9. The second kappa shape index (κ2) is 3.26. The summed E-state index contributed by atoms with van der Waals surface area (Å²) in [6.45, 7) is 5.03. The molecule has 0 saturated heterocycles. The molecule has 6 heteroatoms. The Morgan fingerprint density at radius 1 is 0.938 bits per heavy atom. The molecule has 0 saturated carbocycles. The van der Waals surface area contributed by atoms with Gasteiger partial charge in [-0.2, -0.15) is 0 Å². The first-order chi connectivity index (χ1) is 7.45. The van der Waals surface area contributed by atoms with Gasteiger partial charge >= 0.3 is 0 Å². The van der Waals surface area contributed by atoms with Gasteiger partial charge < -0.3 is 0 Å². The summed E-state index contributed by atoms with van der Waals surface area (Å²) in [5.41, 5.74) is 0.927. The molecule has 0 unspecified atom stereocenters. The van der Waals surface area contributed by atoms with E-state index < -0.39 is 0 Å². The first kappa shape index (κ1) is 10.5. The molecule has 84 valence electrons. The fourth-order valence-electron chi connectivity index (χ4n) is 1.52. The summed E-state index contributed by atoms with van der Waals surface area (Å²) in [5.74, 6) is 0.275. The third-order valence-corrected chi connectivity index (χ3v) is 2.88. The molecule has 0 aromatic carbocycles. The first-order valence-electron chi connectivity index (χ1n) is 4.87. The van der Waals surface area contributed by atoms with E-state index in [1.807, 2.05) is 0 Å². The maximum atomic E-state index is 11.9. The van der Waals surface area contributed by atoms with E-state index in [1.54, 1.807) is 32.4 Å². The van der Waals surface area contributed by atoms with E-state index in [-0.39, 0.29) is 17.8 Å². The van der Waals surface area contributed by atoms with Crippen molar-refractivity contribution >= 4 is 17.8 Å². The Labute approximate surface area is 92.6 Å². The summed E-state index contributed by atoms with van der Waals surface area (Å²) in [6, 6.07) is 0. The fraction of sp³-hybridized carbons (Fsp3) is 0.400. The summed E-state index contributed by atoms with van der Waals surface area (Å²) >= 11 is 0. The smallest absolute Gasteiger partial charge is 0.263 e. The minimum Gasteiger partial charge on any atom is -0.300 e. The van der Waals surface area contributed by atoms with Crippen LogP contribution < -0.4 is 4.90 Å². The third-order valence-electron chi connectivity index (χ3n) is 2.88. The molecule has 0 radical (unpaired) electrons. The summed E-state index contributed by atoms with van der Waals surface area (Å²) in [7, 11) is 1.72. The van der Waals surface area contributed by atoms with Gasteiger partial charge in [-0.25, -0.2) is 4.90 Å². The molecule has 1 aromatic rings. The lowest BCUT2D eigenvalue weighted by Gasteiger charge is -2.12. The maximum Gasteiger partial charge on any atom is 0.263 e. The second-order valence-corrected chi connectivity index (χ2v) is 3.80. The van der Waals surface area contributed by atoms with Gasteiger partial charge in [-0.1, -0.05) is 0 Å². The standard InChI is InChI=1S/C10H12N4O2/c1-5-6(2)9(16)14(8(5)15)10-12-11-7(3)13(10)4/h1-4H3. The van der Waals surface area contributed by atoms with Gasteiger partial charge in [-0.3, -0.25) is 14.2 Å². The van der Waals surface area contributed by atoms with Crippen LogP contribution in [-0.4, -0.2) is 26.6 Å². The van der Waals surface area contributed by atoms with Crippen LogP contribution in [0, 0.1) is 6.92 Å². The Kier molecular flexibility index (Phi) is 2.15. The molecule has 2 amide bonds. The van der Waals surface area contributed by atoms with Crippen LogP contribution in [0.1, 0.15) is 19.7 Å². The molecule has 1 aromatic heterocycles. The lowest BCUT2D eigenvalue weighted by molar-refractivity contribution is -0.120. The molecule has 1 aliphatic heterocycles. The molecule has 2 heterocycles. The van der Waals surface area contributed by atoms with Crippen molar-refractivity contribution in [1.82, 2.24) is 14.8 Å². The number of amides is 2. The predicted octanol–water partition coefficient (Wildman–Crippen LogP) is 0.333. The van der Waals surface area contributed by atoms with Gasteiger partial charge in [0.2, 0.25) is 5.95 Å². The van der Waals surface area contributed by atoms with Gasteiger partial charge in [-0.15, -0.1) is 10.2 Å². The van der Waals surface area contributed by atoms with Gasteiger partial charge in [0.25, 0.3) is 11.8 Å². The fourth-order valence-corrected chi connectivity index (χ4v) is 1.52. The van der Waals surface area contributed by atoms with Crippen molar-refractivity contribution in [3.8, 4) is 0 Å². The average Bonchev–Trinajstić information content (AvgIpc) is 2.66. The molecule has 0 aliphatic carbocycles. The Balaban J connectivity index is 2.50. The van der Waals surface area contributed by atoms with Gasteiger partial charge in [0.05, 0.1) is 0 Å². The summed E-state index contributed by atoms with van der Waals surface area (Å²) in [5, 5.41) is 7.67. The number of anilines is 1. The Morgan fingerprint density at radius 3 is 1.81 bits per heavy atom. The topological polar surface area (TPSA) is 68.1 Å². The highest BCUT2D eigenvalue weighted by Crippen LogP contribution is 2.24. The highest BCUT2D eigenvalue weighted by Gasteiger charge is 2.37. The molecule has 2 rings (SSSR count). The number of aryl methyl sites for hydroxylation is 1. The van der Waals surface area contributed by atoms with Crippen LogP contribution >= 0.6 is 0 Å². The summed E-state index contributed by atoms with van der Waals surface area (Å²) in [4.78, 5) is 24.8. The third kappa shape index (κ3) is 1.19. The van der Waals surface area contributed by atoms with E-state index in [1.165, 1.54) is 0 Å². The number of hydrogen-bond acceptors (Lipinski definition) is 4. The van der Waals surface area contributed by atoms with Crippen LogP contribution in [0.5, 0.6) is 0 Å². The van der Waals surface area contributed by atoms with E-state index in [2.05, 4.69) is 10.2 Å². The van der Waals surface area contributed by atoms with E-state index in [0.29, 0.717) is 17.0 Å². The van der Waals surface area contributed by atoms with Crippen molar-refractivity contribution in [2.24, 2.45) is 7.05 Å². The Hall–Kier alpha value is -1.98. The van der Waals surface area contributed by atoms with E-state index >= 15 is 0 Å². The summed E-state index contributed by atoms with van der Waals surface area (Å²) < 4.78 is 1.61. The number of imide groups is 1. The van der Waals surface area contributed by atoms with Crippen molar-refractivity contribution in [3.63, 3.8) is 0 Å². The molecular weight excluding hydrogens is 208 g/mol. The summed E-state index contributed by atoms with van der Waals surface area (Å²) in [6.07, 6.45) is 0. The number of carbonyl (C=O) groups is 2. The lowest BCUT2D eigenvalue weighted by atomic mass is 10.2. The number of aromatic nitrogens is 3. The minimum absolute atomic E-state index is 0.267. The highest BCUT2D eigenvalue weighted by molar-refractivity contribution is 6.31. The number of rotatable bonds is 1. The van der Waals surface area contributed by atoms with Gasteiger partial charge in [0.1, 0.15) is 5.82 Å². The first-order valence-corrected chi connectivity index (χ1v) is 4.87. The van der Waals surface area contributed by atoms with Crippen molar-refractivity contribution in [2.75, 3.05) is 4.90 Å². The largest absolute Gasteiger partial charge is 0.300 e. The molecule has 16 heavy (non-hydrogen) atoms. The van der Waals surface area contributed by atoms with Crippen LogP contribution in [0.15, 0.2) is 11.1 Å². The van der Waals surface area contributed by atoms with Gasteiger partial charge in [-0.05, 0) is 20.8 Å². The van der Waals surface area contributed by atoms with E-state index in [0.717, 1.165) is 4.90 Å². The highest BCUT2D eigenvalue weighted by atomic mass is 16.2. The SMILES string of the molecule is CC1=C(C)C(=O)N(c2nnc(C)n2C)C1=O. The molecule has 6 nitrogen and oxygen atoms in total. The van der Waals surface area contributed by atoms with Crippen molar-refractivity contribution in [3.05, 3.63) is 17.0 Å². The second-order valence-electron chi connectivity index (χ2n) is 3.80. The van der Waals surface area contributed by atoms with Crippen molar-refractivity contribution < 1.29 is 9.59 Å². The van der Waals surface area contributed by atoms with E-state index in [9.17, 15) is 9.59 Å². The van der Waals surface area contributed by atoms with Crippen LogP contribution in [-0.2, 0) is 16.6 Å². The molecule has 0 spiro atoms. The quantitative estimate of drug-likeness (QED) is 0.640. The minimum atomic E-state index is -0.321. The Morgan fingerprint density at radius 2 is 1.44 bits per heavy atom. The monoisotopic (exact) mass is 220 g/mol. The van der Waals surface area contributed by atoms with Gasteiger partial charge in [0, 0.05) is 18.2 Å². The number of hydrogen-bond donors (Lipinski definition) is 0. The average molecular weight is 220 g/mol. The van der Waals surface area contributed by atoms with Crippen LogP contribution in [0.3, 0.4) is 0 Å². The predicted molar refractivity (Wildman–Crippen MR) is 56.6 cm³/mol. The Bertz CT molecular complexity index is 503. The lowest BCUT2D eigenvalue weighted by Crippen LogP contribution is -2.33. The zero-order valence-electron chi connectivity index (χ0n) is 9.61. The normalized spacial score (nSPS) is 16.6. The zero-order chi connectivity index (χ0) is 12.0. The van der Waals surface area contributed by atoms with Crippen molar-refractivity contribution in [1.29, 1.82) is 0 Å². The molecular formula is C10H12N4O2. The van der Waals surface area contributed by atoms with Crippen LogP contribution in [0.2, 0.25) is 0 Å². The van der Waals surface area contributed by atoms with Crippen molar-refractivity contribution in [2.45, 2.75) is 20.8 Å². The van der Waals surface area contributed by atoms with Gasteiger partial charge in [0.15, 0.2) is 0 Å². The zero-order valence-corrected chi connectivity index (χ0v) is 9.61. The molecule has 1 aliphatic rings. The number of carbonyl (C=O) groups excluding carboxylic acids is 2.